The molecule has 1 amide bonds. The molecule has 3 aliphatic rings. The summed E-state index contributed by atoms with van der Waals surface area (Å²) in [5.74, 6) is 2.26. The number of unbranched alkanes of at least 4 members (excludes halogenated alkanes) is 5. The van der Waals surface area contributed by atoms with Crippen molar-refractivity contribution in [3.63, 3.8) is 0 Å². The van der Waals surface area contributed by atoms with E-state index in [-0.39, 0.29) is 5.91 Å². The molecule has 2 fully saturated rings. The van der Waals surface area contributed by atoms with Gasteiger partial charge in [-0.25, -0.2) is 9.97 Å². The van der Waals surface area contributed by atoms with Gasteiger partial charge in [-0.2, -0.15) is 0 Å². The molecule has 46 heavy (non-hydrogen) atoms. The third-order valence-electron chi connectivity index (χ3n) is 9.93. The smallest absolute Gasteiger partial charge is 0.260 e. The Balaban J connectivity index is 1.09. The number of piperazine rings is 1. The molecular weight excluding hydrogens is 576 g/mol. The van der Waals surface area contributed by atoms with E-state index in [0.717, 1.165) is 74.7 Å². The van der Waals surface area contributed by atoms with Gasteiger partial charge in [0.1, 0.15) is 23.7 Å². The molecule has 3 aromatic heterocycles. The number of hydrogen-bond donors (Lipinski definition) is 1. The molecule has 0 saturated carbocycles. The summed E-state index contributed by atoms with van der Waals surface area (Å²) < 4.78 is 1.96. The number of aryl methyl sites for hydroxylation is 1. The van der Waals surface area contributed by atoms with Gasteiger partial charge in [0.05, 0.1) is 17.8 Å². The van der Waals surface area contributed by atoms with Crippen molar-refractivity contribution in [2.45, 2.75) is 90.9 Å². The van der Waals surface area contributed by atoms with Crippen LogP contribution in [0.4, 0.5) is 11.6 Å². The number of nitrogens with one attached hydrogen (secondary N) is 1. The molecule has 11 heteroatoms. The summed E-state index contributed by atoms with van der Waals surface area (Å²) in [5.41, 5.74) is 3.52. The summed E-state index contributed by atoms with van der Waals surface area (Å²) in [6.45, 7) is 14.2. The van der Waals surface area contributed by atoms with Crippen molar-refractivity contribution in [1.29, 1.82) is 0 Å². The number of carbonyl (C=O) groups is 1. The molecule has 6 rings (SSSR count). The fourth-order valence-electron chi connectivity index (χ4n) is 7.17. The van der Waals surface area contributed by atoms with E-state index >= 15 is 0 Å². The first kappa shape index (κ1) is 32.5. The van der Waals surface area contributed by atoms with Gasteiger partial charge in [0.2, 0.25) is 0 Å². The second-order valence-electron chi connectivity index (χ2n) is 13.3. The normalized spacial score (nSPS) is 18.7. The van der Waals surface area contributed by atoms with Crippen molar-refractivity contribution >= 4 is 17.5 Å². The lowest BCUT2D eigenvalue weighted by Crippen LogP contribution is -2.43. The second-order valence-corrected chi connectivity index (χ2v) is 13.3. The number of fused-ring (bicyclic) bond motifs is 1. The zero-order valence-electron chi connectivity index (χ0n) is 28.1. The maximum Gasteiger partial charge on any atom is 0.260 e. The number of carbonyl (C=O) groups excluding carboxylic acids is 1. The first-order valence-electron chi connectivity index (χ1n) is 17.6. The summed E-state index contributed by atoms with van der Waals surface area (Å²) in [5, 5.41) is 11.8. The van der Waals surface area contributed by atoms with Gasteiger partial charge in [0.25, 0.3) is 5.91 Å². The maximum absolute atomic E-state index is 14.0. The van der Waals surface area contributed by atoms with Gasteiger partial charge in [-0.3, -0.25) is 9.69 Å². The quantitative estimate of drug-likeness (QED) is 0.243. The van der Waals surface area contributed by atoms with Crippen LogP contribution in [0.15, 0.2) is 30.6 Å². The van der Waals surface area contributed by atoms with Crippen molar-refractivity contribution in [2.75, 3.05) is 62.7 Å². The third kappa shape index (κ3) is 7.58. The third-order valence-corrected chi connectivity index (χ3v) is 9.93. The van der Waals surface area contributed by atoms with Crippen LogP contribution in [0.3, 0.4) is 0 Å². The Hall–Kier alpha value is -3.41. The summed E-state index contributed by atoms with van der Waals surface area (Å²) >= 11 is 0. The fraction of sp³-hybridized carbons (Fsp3) is 0.629. The van der Waals surface area contributed by atoms with Crippen molar-refractivity contribution in [2.24, 2.45) is 0 Å². The average molecular weight is 629 g/mol. The van der Waals surface area contributed by atoms with Crippen LogP contribution < -0.4 is 15.1 Å². The molecule has 1 atom stereocenters. The number of anilines is 2. The number of amides is 1. The molecule has 6 heterocycles. The van der Waals surface area contributed by atoms with Crippen LogP contribution in [0.1, 0.15) is 86.8 Å². The van der Waals surface area contributed by atoms with Crippen molar-refractivity contribution in [1.82, 2.24) is 39.8 Å². The average Bonchev–Trinajstić information content (AvgIpc) is 3.82. The maximum atomic E-state index is 14.0. The summed E-state index contributed by atoms with van der Waals surface area (Å²) in [6, 6.07) is 8.24. The Morgan fingerprint density at radius 1 is 1.00 bits per heavy atom. The SMILES string of the molecule is CCn1cnnc1-c1cccc(N2Cc3c(cc(N4CCC[C@H]4C)nc3CN(C)CCCCCCCCN3CCNCC3)C2=O)n1. The first-order valence-corrected chi connectivity index (χ1v) is 17.6. The van der Waals surface area contributed by atoms with E-state index in [1.807, 2.05) is 28.8 Å². The van der Waals surface area contributed by atoms with Crippen LogP contribution in [-0.2, 0) is 19.6 Å². The molecule has 0 spiro atoms. The van der Waals surface area contributed by atoms with Crippen LogP contribution >= 0.6 is 0 Å². The van der Waals surface area contributed by atoms with Gasteiger partial charge in [-0.15, -0.1) is 10.2 Å². The number of nitrogens with zero attached hydrogens (tertiary/aromatic N) is 9. The number of rotatable bonds is 15. The lowest BCUT2D eigenvalue weighted by Gasteiger charge is -2.27. The Morgan fingerprint density at radius 2 is 1.80 bits per heavy atom. The minimum Gasteiger partial charge on any atom is -0.354 e. The standard InChI is InChI=1S/C35H52N10O/c1-4-43-26-37-40-34(43)30-14-11-15-32(38-30)45-24-29-28(35(45)46)23-33(44-20-12-13-27(44)2)39-31(29)25-41(3)18-9-7-5-6-8-10-19-42-21-16-36-17-22-42/h11,14-15,23,26-27,36H,4-10,12-13,16-22,24-25H2,1-3H3/t27-/m1/s1. The van der Waals surface area contributed by atoms with Gasteiger partial charge in [-0.1, -0.05) is 31.7 Å². The van der Waals surface area contributed by atoms with Gasteiger partial charge in [0, 0.05) is 57.4 Å². The monoisotopic (exact) mass is 628 g/mol. The highest BCUT2D eigenvalue weighted by Crippen LogP contribution is 2.34. The molecule has 0 radical (unpaired) electrons. The molecule has 0 bridgehead atoms. The highest BCUT2D eigenvalue weighted by molar-refractivity contribution is 6.10. The van der Waals surface area contributed by atoms with Crippen molar-refractivity contribution < 1.29 is 4.79 Å². The van der Waals surface area contributed by atoms with Crippen molar-refractivity contribution in [3.05, 3.63) is 47.4 Å². The predicted octanol–water partition coefficient (Wildman–Crippen LogP) is 4.58. The van der Waals surface area contributed by atoms with E-state index < -0.39 is 0 Å². The van der Waals surface area contributed by atoms with Gasteiger partial charge in [-0.05, 0) is 77.9 Å². The Morgan fingerprint density at radius 3 is 2.59 bits per heavy atom. The first-order chi connectivity index (χ1) is 22.5. The van der Waals surface area contributed by atoms with Crippen LogP contribution in [0, 0.1) is 0 Å². The molecule has 0 unspecified atom stereocenters. The van der Waals surface area contributed by atoms with Crippen LogP contribution in [-0.4, -0.2) is 99.3 Å². The fourth-order valence-corrected chi connectivity index (χ4v) is 7.17. The van der Waals surface area contributed by atoms with E-state index in [1.165, 1.54) is 58.2 Å². The summed E-state index contributed by atoms with van der Waals surface area (Å²) in [6.07, 6.45) is 11.7. The van der Waals surface area contributed by atoms with Crippen LogP contribution in [0.2, 0.25) is 0 Å². The molecule has 0 aromatic carbocycles. The molecule has 3 aliphatic heterocycles. The number of aromatic nitrogens is 5. The highest BCUT2D eigenvalue weighted by Gasteiger charge is 2.34. The van der Waals surface area contributed by atoms with Gasteiger partial charge >= 0.3 is 0 Å². The highest BCUT2D eigenvalue weighted by atomic mass is 16.2. The van der Waals surface area contributed by atoms with Gasteiger partial charge in [0.15, 0.2) is 5.82 Å². The number of pyridine rings is 2. The summed E-state index contributed by atoms with van der Waals surface area (Å²) in [7, 11) is 2.19. The Bertz CT molecular complexity index is 1450. The largest absolute Gasteiger partial charge is 0.354 e. The second kappa shape index (κ2) is 15.5. The molecule has 0 aliphatic carbocycles. The molecule has 3 aromatic rings. The minimum atomic E-state index is -0.00651. The lowest BCUT2D eigenvalue weighted by molar-refractivity contribution is 0.0996. The van der Waals surface area contributed by atoms with E-state index in [9.17, 15) is 4.79 Å². The number of hydrogen-bond acceptors (Lipinski definition) is 9. The Kier molecular flexibility index (Phi) is 10.9. The molecule has 1 N–H and O–H groups in total. The molecule has 11 nitrogen and oxygen atoms in total. The molecular formula is C35H52N10O. The van der Waals surface area contributed by atoms with Crippen LogP contribution in [0.5, 0.6) is 0 Å². The van der Waals surface area contributed by atoms with E-state index in [4.69, 9.17) is 9.97 Å². The molecule has 248 valence electrons. The Labute approximate surface area is 274 Å². The zero-order chi connectivity index (χ0) is 31.9. The van der Waals surface area contributed by atoms with E-state index in [1.54, 1.807) is 11.2 Å². The molecule has 2 saturated heterocycles. The topological polar surface area (TPSA) is 98.5 Å². The van der Waals surface area contributed by atoms with Crippen LogP contribution in [0.25, 0.3) is 11.5 Å². The minimum absolute atomic E-state index is 0.00651. The van der Waals surface area contributed by atoms with Gasteiger partial charge < -0.3 is 24.6 Å². The van der Waals surface area contributed by atoms with E-state index in [2.05, 4.69) is 51.1 Å². The van der Waals surface area contributed by atoms with Crippen molar-refractivity contribution in [3.8, 4) is 11.5 Å². The summed E-state index contributed by atoms with van der Waals surface area (Å²) in [4.78, 5) is 33.3. The predicted molar refractivity (Wildman–Crippen MR) is 183 cm³/mol. The lowest BCUT2D eigenvalue weighted by atomic mass is 10.1. The van der Waals surface area contributed by atoms with E-state index in [0.29, 0.717) is 29.9 Å². The zero-order valence-corrected chi connectivity index (χ0v) is 28.1.